The van der Waals surface area contributed by atoms with Crippen LogP contribution in [0.2, 0.25) is 0 Å². The lowest BCUT2D eigenvalue weighted by molar-refractivity contribution is -0.148. The largest absolute Gasteiger partial charge is 0.479 e. The predicted molar refractivity (Wildman–Crippen MR) is 114 cm³/mol. The van der Waals surface area contributed by atoms with Gasteiger partial charge in [0, 0.05) is 25.5 Å². The number of alkyl carbamates (subject to hydrolysis) is 1. The van der Waals surface area contributed by atoms with Crippen LogP contribution in [0, 0.1) is 0 Å². The summed E-state index contributed by atoms with van der Waals surface area (Å²) in [5, 5.41) is 14.0. The van der Waals surface area contributed by atoms with Crippen molar-refractivity contribution < 1.29 is 29.0 Å². The number of carbonyl (C=O) groups excluding carboxylic acids is 2. The first kappa shape index (κ1) is 22.3. The maximum atomic E-state index is 12.3. The van der Waals surface area contributed by atoms with E-state index in [-0.39, 0.29) is 25.5 Å². The second kappa shape index (κ2) is 10.1. The van der Waals surface area contributed by atoms with Crippen molar-refractivity contribution in [2.45, 2.75) is 31.4 Å². The zero-order chi connectivity index (χ0) is 22.4. The molecule has 3 N–H and O–H groups in total. The van der Waals surface area contributed by atoms with E-state index in [0.29, 0.717) is 0 Å². The fourth-order valence-electron chi connectivity index (χ4n) is 3.72. The molecule has 8 nitrogen and oxygen atoms in total. The molecule has 0 fully saturated rings. The van der Waals surface area contributed by atoms with Crippen molar-refractivity contribution >= 4 is 18.0 Å². The Bertz CT molecular complexity index is 915. The predicted octanol–water partition coefficient (Wildman–Crippen LogP) is 2.52. The molecule has 2 atom stereocenters. The molecule has 0 saturated carbocycles. The maximum Gasteiger partial charge on any atom is 0.407 e. The van der Waals surface area contributed by atoms with Crippen molar-refractivity contribution in [1.29, 1.82) is 0 Å². The first-order valence-electron chi connectivity index (χ1n) is 10.0. The fourth-order valence-corrected chi connectivity index (χ4v) is 3.72. The summed E-state index contributed by atoms with van der Waals surface area (Å²) in [6.07, 6.45) is -1.74. The fraction of sp³-hybridized carbons (Fsp3) is 0.348. The van der Waals surface area contributed by atoms with Crippen LogP contribution < -0.4 is 10.6 Å². The number of fused-ring (bicyclic) bond motifs is 3. The Morgan fingerprint density at radius 1 is 1.03 bits per heavy atom. The molecule has 0 saturated heterocycles. The highest BCUT2D eigenvalue weighted by Crippen LogP contribution is 2.44. The molecule has 3 rings (SSSR count). The van der Waals surface area contributed by atoms with Gasteiger partial charge in [0.25, 0.3) is 0 Å². The van der Waals surface area contributed by atoms with E-state index in [0.717, 1.165) is 22.3 Å². The Hall–Kier alpha value is -3.39. The molecule has 1 aliphatic rings. The zero-order valence-electron chi connectivity index (χ0n) is 17.5. The van der Waals surface area contributed by atoms with Crippen LogP contribution in [0.1, 0.15) is 30.4 Å². The summed E-state index contributed by atoms with van der Waals surface area (Å²) >= 11 is 0. The molecule has 0 heterocycles. The zero-order valence-corrected chi connectivity index (χ0v) is 17.5. The Morgan fingerprint density at radius 3 is 2.16 bits per heavy atom. The van der Waals surface area contributed by atoms with Gasteiger partial charge in [-0.3, -0.25) is 4.79 Å². The van der Waals surface area contributed by atoms with Gasteiger partial charge in [0.1, 0.15) is 6.61 Å². The summed E-state index contributed by atoms with van der Waals surface area (Å²) in [5.41, 5.74) is 4.53. The van der Waals surface area contributed by atoms with Crippen molar-refractivity contribution in [3.8, 4) is 11.1 Å². The maximum absolute atomic E-state index is 12.3. The van der Waals surface area contributed by atoms with Crippen LogP contribution in [0.3, 0.4) is 0 Å². The Labute approximate surface area is 180 Å². The lowest BCUT2D eigenvalue weighted by Gasteiger charge is -2.17. The number of carbonyl (C=O) groups is 3. The van der Waals surface area contributed by atoms with Crippen molar-refractivity contribution in [2.75, 3.05) is 20.3 Å². The average molecular weight is 426 g/mol. The van der Waals surface area contributed by atoms with Gasteiger partial charge in [-0.25, -0.2) is 9.59 Å². The minimum absolute atomic E-state index is 0.0136. The minimum Gasteiger partial charge on any atom is -0.479 e. The van der Waals surface area contributed by atoms with Crippen molar-refractivity contribution in [3.05, 3.63) is 59.7 Å². The smallest absolute Gasteiger partial charge is 0.407 e. The molecule has 2 amide bonds. The number of hydrogen-bond donors (Lipinski definition) is 3. The summed E-state index contributed by atoms with van der Waals surface area (Å²) in [4.78, 5) is 35.1. The van der Waals surface area contributed by atoms with Gasteiger partial charge in [-0.2, -0.15) is 0 Å². The lowest BCUT2D eigenvalue weighted by atomic mass is 9.98. The highest BCUT2D eigenvalue weighted by atomic mass is 16.5. The molecule has 1 unspecified atom stereocenters. The number of rotatable bonds is 9. The molecule has 2 aromatic rings. The number of aliphatic carboxylic acids is 1. The van der Waals surface area contributed by atoms with Crippen molar-refractivity contribution in [2.24, 2.45) is 0 Å². The van der Waals surface area contributed by atoms with E-state index in [4.69, 9.17) is 14.6 Å². The van der Waals surface area contributed by atoms with E-state index in [2.05, 4.69) is 22.8 Å². The number of hydrogen-bond acceptors (Lipinski definition) is 5. The molecule has 0 radical (unpaired) electrons. The molecule has 0 aliphatic heterocycles. The normalized spacial score (nSPS) is 14.1. The summed E-state index contributed by atoms with van der Waals surface area (Å²) < 4.78 is 10.2. The topological polar surface area (TPSA) is 114 Å². The third kappa shape index (κ3) is 5.40. The lowest BCUT2D eigenvalue weighted by Crippen LogP contribution is -2.41. The van der Waals surface area contributed by atoms with Gasteiger partial charge in [-0.1, -0.05) is 48.5 Å². The first-order valence-corrected chi connectivity index (χ1v) is 10.0. The van der Waals surface area contributed by atoms with Gasteiger partial charge in [-0.05, 0) is 29.2 Å². The quantitative estimate of drug-likeness (QED) is 0.568. The number of amides is 2. The van der Waals surface area contributed by atoms with Crippen LogP contribution in [0.5, 0.6) is 0 Å². The van der Waals surface area contributed by atoms with Crippen LogP contribution in [-0.4, -0.2) is 55.5 Å². The SMILES string of the molecule is COC(CNC(=O)C[C@@H](C)NC(=O)OCC1c2ccccc2-c2ccccc21)C(=O)O. The summed E-state index contributed by atoms with van der Waals surface area (Å²) in [6.45, 7) is 1.71. The third-order valence-corrected chi connectivity index (χ3v) is 5.24. The van der Waals surface area contributed by atoms with Gasteiger partial charge < -0.3 is 25.2 Å². The molecule has 31 heavy (non-hydrogen) atoms. The van der Waals surface area contributed by atoms with Gasteiger partial charge in [-0.15, -0.1) is 0 Å². The van der Waals surface area contributed by atoms with Crippen LogP contribution in [-0.2, 0) is 19.1 Å². The van der Waals surface area contributed by atoms with Crippen LogP contribution in [0.25, 0.3) is 11.1 Å². The Balaban J connectivity index is 1.49. The standard InChI is InChI=1S/C23H26N2O6/c1-14(11-21(26)24-12-20(30-2)22(27)28)25-23(29)31-13-19-17-9-5-3-7-15(17)16-8-4-6-10-18(16)19/h3-10,14,19-20H,11-13H2,1-2H3,(H,24,26)(H,25,29)(H,27,28)/t14-,20?/m1/s1. The number of ether oxygens (including phenoxy) is 2. The van der Waals surface area contributed by atoms with Crippen molar-refractivity contribution in [1.82, 2.24) is 10.6 Å². The van der Waals surface area contributed by atoms with E-state index < -0.39 is 30.1 Å². The van der Waals surface area contributed by atoms with Crippen LogP contribution >= 0.6 is 0 Å². The third-order valence-electron chi connectivity index (χ3n) is 5.24. The van der Waals surface area contributed by atoms with E-state index in [1.807, 2.05) is 36.4 Å². The molecule has 0 aromatic heterocycles. The summed E-state index contributed by atoms with van der Waals surface area (Å²) in [6, 6.07) is 15.6. The minimum atomic E-state index is -1.16. The van der Waals surface area contributed by atoms with Gasteiger partial charge >= 0.3 is 12.1 Å². The molecule has 0 spiro atoms. The summed E-state index contributed by atoms with van der Waals surface area (Å²) in [5.74, 6) is -1.60. The van der Waals surface area contributed by atoms with E-state index >= 15 is 0 Å². The van der Waals surface area contributed by atoms with Gasteiger partial charge in [0.05, 0.1) is 6.54 Å². The molecule has 1 aliphatic carbocycles. The number of carboxylic acid groups (broad SMARTS) is 1. The van der Waals surface area contributed by atoms with Gasteiger partial charge in [0.15, 0.2) is 6.10 Å². The Kier molecular flexibility index (Phi) is 7.25. The highest BCUT2D eigenvalue weighted by Gasteiger charge is 2.29. The molecular formula is C23H26N2O6. The number of benzene rings is 2. The van der Waals surface area contributed by atoms with E-state index in [1.54, 1.807) is 6.92 Å². The molecule has 2 aromatic carbocycles. The monoisotopic (exact) mass is 426 g/mol. The van der Waals surface area contributed by atoms with Crippen molar-refractivity contribution in [3.63, 3.8) is 0 Å². The van der Waals surface area contributed by atoms with Crippen LogP contribution in [0.15, 0.2) is 48.5 Å². The molecule has 8 heteroatoms. The Morgan fingerprint density at radius 2 is 1.61 bits per heavy atom. The number of nitrogens with one attached hydrogen (secondary N) is 2. The second-order valence-electron chi connectivity index (χ2n) is 7.44. The summed E-state index contributed by atoms with van der Waals surface area (Å²) in [7, 11) is 1.26. The first-order chi connectivity index (χ1) is 14.9. The van der Waals surface area contributed by atoms with Crippen LogP contribution in [0.4, 0.5) is 4.79 Å². The molecule has 0 bridgehead atoms. The molecular weight excluding hydrogens is 400 g/mol. The number of carboxylic acids is 1. The molecule has 164 valence electrons. The average Bonchev–Trinajstić information content (AvgIpc) is 3.06. The number of methoxy groups -OCH3 is 1. The highest BCUT2D eigenvalue weighted by molar-refractivity contribution is 5.80. The van der Waals surface area contributed by atoms with E-state index in [1.165, 1.54) is 7.11 Å². The van der Waals surface area contributed by atoms with E-state index in [9.17, 15) is 14.4 Å². The van der Waals surface area contributed by atoms with Gasteiger partial charge in [0.2, 0.25) is 5.91 Å². The second-order valence-corrected chi connectivity index (χ2v) is 7.44.